The van der Waals surface area contributed by atoms with E-state index >= 15 is 0 Å². The summed E-state index contributed by atoms with van der Waals surface area (Å²) in [5.74, 6) is 0.775. The fraction of sp³-hybridized carbons (Fsp3) is 0.238. The smallest absolute Gasteiger partial charge is 0.231 e. The number of carbonyl (C=O) groups is 1. The fourth-order valence-electron chi connectivity index (χ4n) is 2.98. The lowest BCUT2D eigenvalue weighted by molar-refractivity contribution is -0.119. The van der Waals surface area contributed by atoms with Crippen LogP contribution < -0.4 is 5.32 Å². The third-order valence-electron chi connectivity index (χ3n) is 4.32. The summed E-state index contributed by atoms with van der Waals surface area (Å²) in [4.78, 5) is 21.5. The second-order valence-electron chi connectivity index (χ2n) is 6.47. The first kappa shape index (κ1) is 19.6. The first-order chi connectivity index (χ1) is 13.5. The van der Waals surface area contributed by atoms with Crippen LogP contribution in [0.2, 0.25) is 0 Å². The predicted octanol–water partition coefficient (Wildman–Crippen LogP) is 3.30. The van der Waals surface area contributed by atoms with E-state index in [0.717, 1.165) is 22.6 Å². The summed E-state index contributed by atoms with van der Waals surface area (Å²) in [6.07, 6.45) is 3.57. The molecule has 3 aromatic rings. The molecule has 0 radical (unpaired) electrons. The van der Waals surface area contributed by atoms with E-state index in [1.54, 1.807) is 6.20 Å². The molecule has 0 saturated heterocycles. The maximum atomic E-state index is 12.7. The summed E-state index contributed by atoms with van der Waals surface area (Å²) in [6, 6.07) is 13.4. The molecule has 3 rings (SSSR count). The molecule has 7 heteroatoms. The van der Waals surface area contributed by atoms with Gasteiger partial charge in [-0.3, -0.25) is 4.79 Å². The minimum atomic E-state index is -0.350. The van der Waals surface area contributed by atoms with Gasteiger partial charge in [-0.2, -0.15) is 5.26 Å². The van der Waals surface area contributed by atoms with Crippen LogP contribution in [0, 0.1) is 25.2 Å². The van der Waals surface area contributed by atoms with Crippen LogP contribution in [0.4, 0.5) is 0 Å². The highest BCUT2D eigenvalue weighted by Crippen LogP contribution is 2.25. The van der Waals surface area contributed by atoms with Crippen molar-refractivity contribution < 1.29 is 4.79 Å². The van der Waals surface area contributed by atoms with E-state index in [0.29, 0.717) is 10.6 Å². The normalized spacial score (nSPS) is 11.6. The number of imidazole rings is 1. The van der Waals surface area contributed by atoms with Crippen molar-refractivity contribution in [1.82, 2.24) is 19.9 Å². The number of carbonyl (C=O) groups excluding carboxylic acids is 1. The molecule has 142 valence electrons. The summed E-state index contributed by atoms with van der Waals surface area (Å²) in [6.45, 7) is 3.76. The van der Waals surface area contributed by atoms with Gasteiger partial charge < -0.3 is 9.88 Å². The third-order valence-corrected chi connectivity index (χ3v) is 5.29. The van der Waals surface area contributed by atoms with E-state index in [1.165, 1.54) is 11.8 Å². The summed E-state index contributed by atoms with van der Waals surface area (Å²) < 4.78 is 1.89. The Hall–Kier alpha value is -3.11. The number of amides is 1. The van der Waals surface area contributed by atoms with Gasteiger partial charge in [0.15, 0.2) is 0 Å². The van der Waals surface area contributed by atoms with Crippen molar-refractivity contribution in [2.45, 2.75) is 24.9 Å². The Bertz CT molecular complexity index is 1020. The minimum absolute atomic E-state index is 0.147. The molecule has 2 heterocycles. The molecular weight excluding hydrogens is 370 g/mol. The van der Waals surface area contributed by atoms with Crippen molar-refractivity contribution in [1.29, 1.82) is 5.26 Å². The van der Waals surface area contributed by atoms with Crippen LogP contribution in [0.1, 0.15) is 34.3 Å². The number of nitrogens with zero attached hydrogens (tertiary/aromatic N) is 4. The molecule has 0 bridgehead atoms. The highest BCUT2D eigenvalue weighted by molar-refractivity contribution is 8.00. The number of rotatable bonds is 6. The van der Waals surface area contributed by atoms with E-state index < -0.39 is 0 Å². The van der Waals surface area contributed by atoms with Gasteiger partial charge in [0.2, 0.25) is 5.91 Å². The van der Waals surface area contributed by atoms with Gasteiger partial charge in [0, 0.05) is 25.1 Å². The molecule has 2 aromatic heterocycles. The summed E-state index contributed by atoms with van der Waals surface area (Å²) in [5, 5.41) is 13.0. The maximum Gasteiger partial charge on any atom is 0.231 e. The van der Waals surface area contributed by atoms with Crippen molar-refractivity contribution in [3.05, 3.63) is 77.0 Å². The standard InChI is InChI=1S/C21H21N5OS/c1-14-11-15(2)24-21(17(14)12-22)28-13-18(27)25-19(16-7-5-4-6-8-16)20-23-9-10-26(20)3/h4-11,19H,13H2,1-3H3,(H,25,27)/t19-/m1/s1. The van der Waals surface area contributed by atoms with Gasteiger partial charge >= 0.3 is 0 Å². The molecule has 0 saturated carbocycles. The lowest BCUT2D eigenvalue weighted by Crippen LogP contribution is -2.32. The number of hydrogen-bond acceptors (Lipinski definition) is 5. The number of pyridine rings is 1. The summed E-state index contributed by atoms with van der Waals surface area (Å²) in [5.41, 5.74) is 3.17. The van der Waals surface area contributed by atoms with E-state index in [-0.39, 0.29) is 17.7 Å². The number of aryl methyl sites for hydroxylation is 3. The fourth-order valence-corrected chi connectivity index (χ4v) is 3.89. The average molecular weight is 392 g/mol. The number of thioether (sulfide) groups is 1. The summed E-state index contributed by atoms with van der Waals surface area (Å²) in [7, 11) is 1.90. The molecule has 0 aliphatic rings. The van der Waals surface area contributed by atoms with Crippen molar-refractivity contribution in [3.63, 3.8) is 0 Å². The summed E-state index contributed by atoms with van der Waals surface area (Å²) >= 11 is 1.27. The minimum Gasteiger partial charge on any atom is -0.341 e. The van der Waals surface area contributed by atoms with Crippen LogP contribution in [0.3, 0.4) is 0 Å². The van der Waals surface area contributed by atoms with E-state index in [2.05, 4.69) is 21.4 Å². The topological polar surface area (TPSA) is 83.6 Å². The van der Waals surface area contributed by atoms with Gasteiger partial charge in [-0.05, 0) is 31.0 Å². The Balaban J connectivity index is 1.77. The average Bonchev–Trinajstić information content (AvgIpc) is 3.10. The van der Waals surface area contributed by atoms with Crippen LogP contribution >= 0.6 is 11.8 Å². The lowest BCUT2D eigenvalue weighted by atomic mass is 10.1. The maximum absolute atomic E-state index is 12.7. The predicted molar refractivity (Wildman–Crippen MR) is 109 cm³/mol. The monoisotopic (exact) mass is 391 g/mol. The van der Waals surface area contributed by atoms with Gasteiger partial charge in [0.1, 0.15) is 23.0 Å². The van der Waals surface area contributed by atoms with E-state index in [9.17, 15) is 10.1 Å². The first-order valence-electron chi connectivity index (χ1n) is 8.82. The van der Waals surface area contributed by atoms with Crippen LogP contribution in [-0.4, -0.2) is 26.2 Å². The number of aromatic nitrogens is 3. The Morgan fingerprint density at radius 3 is 2.71 bits per heavy atom. The quantitative estimate of drug-likeness (QED) is 0.652. The van der Waals surface area contributed by atoms with Crippen LogP contribution in [0.15, 0.2) is 53.8 Å². The largest absolute Gasteiger partial charge is 0.341 e. The molecule has 0 fully saturated rings. The second kappa shape index (κ2) is 8.72. The van der Waals surface area contributed by atoms with E-state index in [4.69, 9.17) is 0 Å². The molecule has 1 aromatic carbocycles. The zero-order chi connectivity index (χ0) is 20.1. The Morgan fingerprint density at radius 2 is 2.07 bits per heavy atom. The van der Waals surface area contributed by atoms with Crippen molar-refractivity contribution in [2.75, 3.05) is 5.75 Å². The van der Waals surface area contributed by atoms with Gasteiger partial charge in [-0.25, -0.2) is 9.97 Å². The van der Waals surface area contributed by atoms with Crippen molar-refractivity contribution in [3.8, 4) is 6.07 Å². The van der Waals surface area contributed by atoms with E-state index in [1.807, 2.05) is 68.1 Å². The molecule has 1 N–H and O–H groups in total. The first-order valence-corrected chi connectivity index (χ1v) is 9.81. The Kier molecular flexibility index (Phi) is 6.12. The van der Waals surface area contributed by atoms with Crippen molar-refractivity contribution >= 4 is 17.7 Å². The van der Waals surface area contributed by atoms with Gasteiger partial charge in [-0.15, -0.1) is 0 Å². The molecule has 0 aliphatic carbocycles. The highest BCUT2D eigenvalue weighted by atomic mass is 32.2. The van der Waals surface area contributed by atoms with Gasteiger partial charge in [0.05, 0.1) is 11.3 Å². The Morgan fingerprint density at radius 1 is 1.32 bits per heavy atom. The van der Waals surface area contributed by atoms with Crippen molar-refractivity contribution in [2.24, 2.45) is 7.05 Å². The second-order valence-corrected chi connectivity index (χ2v) is 7.43. The molecule has 1 atom stereocenters. The zero-order valence-electron chi connectivity index (χ0n) is 16.0. The van der Waals surface area contributed by atoms with Gasteiger partial charge in [-0.1, -0.05) is 42.1 Å². The molecular formula is C21H21N5OS. The molecule has 28 heavy (non-hydrogen) atoms. The highest BCUT2D eigenvalue weighted by Gasteiger charge is 2.21. The molecule has 0 spiro atoms. The molecule has 6 nitrogen and oxygen atoms in total. The molecule has 1 amide bonds. The van der Waals surface area contributed by atoms with Crippen LogP contribution in [-0.2, 0) is 11.8 Å². The number of nitrogens with one attached hydrogen (secondary N) is 1. The number of nitriles is 1. The SMILES string of the molecule is Cc1cc(C)c(C#N)c(SCC(=O)N[C@H](c2ccccc2)c2nccn2C)n1. The van der Waals surface area contributed by atoms with Crippen LogP contribution in [0.25, 0.3) is 0 Å². The zero-order valence-corrected chi connectivity index (χ0v) is 16.8. The molecule has 0 unspecified atom stereocenters. The third kappa shape index (κ3) is 4.41. The number of benzene rings is 1. The van der Waals surface area contributed by atoms with Crippen LogP contribution in [0.5, 0.6) is 0 Å². The van der Waals surface area contributed by atoms with Gasteiger partial charge in [0.25, 0.3) is 0 Å². The Labute approximate surface area is 168 Å². The number of hydrogen-bond donors (Lipinski definition) is 1. The molecule has 0 aliphatic heterocycles. The lowest BCUT2D eigenvalue weighted by Gasteiger charge is -2.19.